The minimum Gasteiger partial charge on any atom is -0.353 e. The standard InChI is InChI=1S/C17H34N2O/c1-4-6-7-8-9-15(3)19-16(20)17(10-5-2)11-13-18-14-12-17/h15,18H,4-14H2,1-3H3,(H,19,20). The molecule has 0 aromatic carbocycles. The molecule has 20 heavy (non-hydrogen) atoms. The maximum atomic E-state index is 12.7. The molecule has 0 spiro atoms. The molecule has 3 heteroatoms. The molecular formula is C17H34N2O. The summed E-state index contributed by atoms with van der Waals surface area (Å²) in [5, 5.41) is 6.66. The molecule has 1 fully saturated rings. The molecular weight excluding hydrogens is 248 g/mol. The predicted octanol–water partition coefficient (Wildman–Crippen LogP) is 3.63. The van der Waals surface area contributed by atoms with Crippen LogP contribution in [-0.4, -0.2) is 25.0 Å². The molecule has 0 aliphatic carbocycles. The first-order valence-electron chi connectivity index (χ1n) is 8.66. The van der Waals surface area contributed by atoms with Gasteiger partial charge in [0.05, 0.1) is 5.41 Å². The van der Waals surface area contributed by atoms with Crippen molar-refractivity contribution in [3.05, 3.63) is 0 Å². The zero-order valence-corrected chi connectivity index (χ0v) is 13.8. The molecule has 1 atom stereocenters. The molecule has 118 valence electrons. The van der Waals surface area contributed by atoms with E-state index in [1.807, 2.05) is 0 Å². The van der Waals surface area contributed by atoms with Crippen LogP contribution in [-0.2, 0) is 4.79 Å². The molecule has 1 aliphatic rings. The van der Waals surface area contributed by atoms with Gasteiger partial charge >= 0.3 is 0 Å². The monoisotopic (exact) mass is 282 g/mol. The first-order valence-corrected chi connectivity index (χ1v) is 8.66. The molecule has 0 radical (unpaired) electrons. The molecule has 1 saturated heterocycles. The lowest BCUT2D eigenvalue weighted by Gasteiger charge is -2.37. The molecule has 1 amide bonds. The van der Waals surface area contributed by atoms with Gasteiger partial charge in [0.2, 0.25) is 5.91 Å². The van der Waals surface area contributed by atoms with Crippen LogP contribution in [0.15, 0.2) is 0 Å². The quantitative estimate of drug-likeness (QED) is 0.634. The van der Waals surface area contributed by atoms with Crippen molar-refractivity contribution in [3.8, 4) is 0 Å². The SMILES string of the molecule is CCCCCCC(C)NC(=O)C1(CCC)CCNCC1. The molecule has 0 aromatic heterocycles. The summed E-state index contributed by atoms with van der Waals surface area (Å²) < 4.78 is 0. The summed E-state index contributed by atoms with van der Waals surface area (Å²) in [6, 6.07) is 0.322. The first kappa shape index (κ1) is 17.5. The number of carbonyl (C=O) groups excluding carboxylic acids is 1. The average Bonchev–Trinajstić information content (AvgIpc) is 2.45. The van der Waals surface area contributed by atoms with Crippen molar-refractivity contribution in [2.75, 3.05) is 13.1 Å². The average molecular weight is 282 g/mol. The largest absolute Gasteiger partial charge is 0.353 e. The van der Waals surface area contributed by atoms with E-state index in [0.717, 1.165) is 45.2 Å². The molecule has 3 nitrogen and oxygen atoms in total. The molecule has 0 bridgehead atoms. The van der Waals surface area contributed by atoms with Crippen molar-refractivity contribution in [1.82, 2.24) is 10.6 Å². The topological polar surface area (TPSA) is 41.1 Å². The van der Waals surface area contributed by atoms with Crippen LogP contribution in [0.25, 0.3) is 0 Å². The van der Waals surface area contributed by atoms with Crippen molar-refractivity contribution >= 4 is 5.91 Å². The number of rotatable bonds is 9. The van der Waals surface area contributed by atoms with E-state index in [1.165, 1.54) is 25.7 Å². The molecule has 0 saturated carbocycles. The van der Waals surface area contributed by atoms with Gasteiger partial charge in [-0.15, -0.1) is 0 Å². The van der Waals surface area contributed by atoms with Crippen molar-refractivity contribution in [2.45, 2.75) is 84.6 Å². The number of hydrogen-bond donors (Lipinski definition) is 2. The summed E-state index contributed by atoms with van der Waals surface area (Å²) in [5.41, 5.74) is -0.0995. The third kappa shape index (κ3) is 5.43. The molecule has 0 aromatic rings. The fraction of sp³-hybridized carbons (Fsp3) is 0.941. The van der Waals surface area contributed by atoms with Gasteiger partial charge in [-0.2, -0.15) is 0 Å². The Kier molecular flexibility index (Phi) is 8.20. The number of piperidine rings is 1. The first-order chi connectivity index (χ1) is 9.64. The summed E-state index contributed by atoms with van der Waals surface area (Å²) in [7, 11) is 0. The molecule has 2 N–H and O–H groups in total. The van der Waals surface area contributed by atoms with Crippen LogP contribution < -0.4 is 10.6 Å². The Morgan fingerprint density at radius 1 is 1.15 bits per heavy atom. The van der Waals surface area contributed by atoms with Gasteiger partial charge in [-0.3, -0.25) is 4.79 Å². The number of hydrogen-bond acceptors (Lipinski definition) is 2. The van der Waals surface area contributed by atoms with E-state index >= 15 is 0 Å². The van der Waals surface area contributed by atoms with Gasteiger partial charge in [0.25, 0.3) is 0 Å². The number of carbonyl (C=O) groups is 1. The maximum Gasteiger partial charge on any atom is 0.226 e. The maximum absolute atomic E-state index is 12.7. The van der Waals surface area contributed by atoms with Crippen molar-refractivity contribution in [2.24, 2.45) is 5.41 Å². The Bertz CT molecular complexity index is 267. The Labute approximate surface area is 125 Å². The van der Waals surface area contributed by atoms with Crippen molar-refractivity contribution < 1.29 is 4.79 Å². The summed E-state index contributed by atoms with van der Waals surface area (Å²) in [6.45, 7) is 8.54. The third-order valence-corrected chi connectivity index (χ3v) is 4.64. The van der Waals surface area contributed by atoms with E-state index in [4.69, 9.17) is 0 Å². The summed E-state index contributed by atoms with van der Waals surface area (Å²) in [4.78, 5) is 12.7. The Hall–Kier alpha value is -0.570. The number of unbranched alkanes of at least 4 members (excludes halogenated alkanes) is 3. The highest BCUT2D eigenvalue weighted by Crippen LogP contribution is 2.34. The van der Waals surface area contributed by atoms with E-state index < -0.39 is 0 Å². The van der Waals surface area contributed by atoms with Gasteiger partial charge in [0.15, 0.2) is 0 Å². The highest BCUT2D eigenvalue weighted by atomic mass is 16.2. The fourth-order valence-electron chi connectivity index (χ4n) is 3.30. The van der Waals surface area contributed by atoms with E-state index in [2.05, 4.69) is 31.4 Å². The second-order valence-electron chi connectivity index (χ2n) is 6.50. The number of nitrogens with one attached hydrogen (secondary N) is 2. The Balaban J connectivity index is 2.41. The van der Waals surface area contributed by atoms with Gasteiger partial charge in [0.1, 0.15) is 0 Å². The Morgan fingerprint density at radius 2 is 1.85 bits per heavy atom. The molecule has 1 aliphatic heterocycles. The second kappa shape index (κ2) is 9.38. The summed E-state index contributed by atoms with van der Waals surface area (Å²) in [6.07, 6.45) is 10.3. The Morgan fingerprint density at radius 3 is 2.45 bits per heavy atom. The lowest BCUT2D eigenvalue weighted by atomic mass is 9.74. The van der Waals surface area contributed by atoms with Crippen LogP contribution in [0.4, 0.5) is 0 Å². The molecule has 1 rings (SSSR count). The zero-order chi connectivity index (χ0) is 14.8. The van der Waals surface area contributed by atoms with Crippen LogP contribution in [0, 0.1) is 5.41 Å². The minimum atomic E-state index is -0.0995. The van der Waals surface area contributed by atoms with Crippen LogP contribution in [0.5, 0.6) is 0 Å². The highest BCUT2D eigenvalue weighted by Gasteiger charge is 2.38. The predicted molar refractivity (Wildman–Crippen MR) is 85.8 cm³/mol. The second-order valence-corrected chi connectivity index (χ2v) is 6.50. The lowest BCUT2D eigenvalue weighted by molar-refractivity contribution is -0.133. The van der Waals surface area contributed by atoms with Gasteiger partial charge in [-0.1, -0.05) is 46.0 Å². The van der Waals surface area contributed by atoms with Gasteiger partial charge in [-0.05, 0) is 45.7 Å². The van der Waals surface area contributed by atoms with Gasteiger partial charge in [-0.25, -0.2) is 0 Å². The normalized spacial score (nSPS) is 19.6. The van der Waals surface area contributed by atoms with Gasteiger partial charge < -0.3 is 10.6 Å². The molecule has 1 unspecified atom stereocenters. The summed E-state index contributed by atoms with van der Waals surface area (Å²) >= 11 is 0. The van der Waals surface area contributed by atoms with Crippen LogP contribution in [0.3, 0.4) is 0 Å². The lowest BCUT2D eigenvalue weighted by Crippen LogP contribution is -2.49. The third-order valence-electron chi connectivity index (χ3n) is 4.64. The highest BCUT2D eigenvalue weighted by molar-refractivity contribution is 5.83. The van der Waals surface area contributed by atoms with Crippen LogP contribution in [0.2, 0.25) is 0 Å². The smallest absolute Gasteiger partial charge is 0.226 e. The van der Waals surface area contributed by atoms with Crippen LogP contribution in [0.1, 0.15) is 78.6 Å². The zero-order valence-electron chi connectivity index (χ0n) is 13.8. The summed E-state index contributed by atoms with van der Waals surface area (Å²) in [5.74, 6) is 0.309. The van der Waals surface area contributed by atoms with Crippen LogP contribution >= 0.6 is 0 Å². The van der Waals surface area contributed by atoms with Crippen molar-refractivity contribution in [3.63, 3.8) is 0 Å². The molecule has 1 heterocycles. The number of amides is 1. The van der Waals surface area contributed by atoms with Crippen molar-refractivity contribution in [1.29, 1.82) is 0 Å². The van der Waals surface area contributed by atoms with E-state index in [0.29, 0.717) is 11.9 Å². The fourth-order valence-corrected chi connectivity index (χ4v) is 3.30. The van der Waals surface area contributed by atoms with E-state index in [1.54, 1.807) is 0 Å². The van der Waals surface area contributed by atoms with E-state index in [9.17, 15) is 4.79 Å². The van der Waals surface area contributed by atoms with Gasteiger partial charge in [0, 0.05) is 6.04 Å². The minimum absolute atomic E-state index is 0.0995. The van der Waals surface area contributed by atoms with E-state index in [-0.39, 0.29) is 5.41 Å².